The van der Waals surface area contributed by atoms with Gasteiger partial charge in [0.1, 0.15) is 6.04 Å². The van der Waals surface area contributed by atoms with E-state index >= 15 is 0 Å². The number of rotatable bonds is 2. The lowest BCUT2D eigenvalue weighted by atomic mass is 10.2. The van der Waals surface area contributed by atoms with Gasteiger partial charge in [0.15, 0.2) is 0 Å². The number of H-pyrrole nitrogens is 1. The predicted molar refractivity (Wildman–Crippen MR) is 63.1 cm³/mol. The maximum atomic E-state index is 12.2. The number of ether oxygens (including phenoxy) is 1. The molecule has 0 aliphatic carbocycles. The Hall–Kier alpha value is -2.11. The number of hydrogen-bond donors (Lipinski definition) is 1. The van der Waals surface area contributed by atoms with Crippen molar-refractivity contribution < 1.29 is 14.3 Å². The summed E-state index contributed by atoms with van der Waals surface area (Å²) in [5, 5.41) is 0. The Morgan fingerprint density at radius 3 is 2.83 bits per heavy atom. The molecule has 0 spiro atoms. The van der Waals surface area contributed by atoms with E-state index < -0.39 is 12.0 Å². The van der Waals surface area contributed by atoms with Crippen LogP contribution in [0, 0.1) is 0 Å². The maximum Gasteiger partial charge on any atom is 0.328 e. The maximum absolute atomic E-state index is 12.2. The van der Waals surface area contributed by atoms with Gasteiger partial charge >= 0.3 is 5.97 Å². The first kappa shape index (κ1) is 12.3. The number of nitrogens with one attached hydrogen (secondary N) is 1. The van der Waals surface area contributed by atoms with Crippen molar-refractivity contribution >= 4 is 11.9 Å². The zero-order valence-electron chi connectivity index (χ0n) is 10.0. The molecule has 0 radical (unpaired) electrons. The second-order valence-electron chi connectivity index (χ2n) is 4.12. The summed E-state index contributed by atoms with van der Waals surface area (Å²) in [6, 6.07) is 2.22. The molecule has 0 saturated carbocycles. The van der Waals surface area contributed by atoms with Crippen LogP contribution in [-0.4, -0.2) is 41.5 Å². The van der Waals surface area contributed by atoms with Gasteiger partial charge in [-0.2, -0.15) is 0 Å². The number of carbonyl (C=O) groups is 2. The van der Waals surface area contributed by atoms with Crippen molar-refractivity contribution in [2.75, 3.05) is 13.7 Å². The van der Waals surface area contributed by atoms with Gasteiger partial charge in [-0.1, -0.05) is 0 Å². The molecule has 1 unspecified atom stereocenters. The van der Waals surface area contributed by atoms with Crippen LogP contribution in [0.25, 0.3) is 0 Å². The number of aromatic amines is 1. The van der Waals surface area contributed by atoms with Gasteiger partial charge in [0.2, 0.25) is 5.56 Å². The van der Waals surface area contributed by atoms with Gasteiger partial charge in [-0.05, 0) is 18.9 Å². The highest BCUT2D eigenvalue weighted by atomic mass is 16.5. The molecule has 1 aromatic heterocycles. The van der Waals surface area contributed by atoms with Crippen molar-refractivity contribution in [3.63, 3.8) is 0 Å². The normalized spacial score (nSPS) is 18.7. The average molecular weight is 250 g/mol. The Morgan fingerprint density at radius 1 is 1.44 bits per heavy atom. The topological polar surface area (TPSA) is 79.5 Å². The van der Waals surface area contributed by atoms with Gasteiger partial charge < -0.3 is 14.6 Å². The third-order valence-corrected chi connectivity index (χ3v) is 3.02. The number of carbonyl (C=O) groups excluding carboxylic acids is 2. The summed E-state index contributed by atoms with van der Waals surface area (Å²) < 4.78 is 4.68. The number of esters is 1. The van der Waals surface area contributed by atoms with Crippen LogP contribution in [0.5, 0.6) is 0 Å². The number of pyridine rings is 1. The first-order chi connectivity index (χ1) is 8.63. The first-order valence-electron chi connectivity index (χ1n) is 5.71. The minimum atomic E-state index is -0.519. The second kappa shape index (κ2) is 5.03. The average Bonchev–Trinajstić information content (AvgIpc) is 2.87. The standard InChI is InChI=1S/C12H14N2O4/c1-18-12(17)9-3-2-6-14(9)11(16)8-4-5-10(15)13-7-8/h4-5,7,9H,2-3,6H2,1H3,(H,13,15). The van der Waals surface area contributed by atoms with Crippen molar-refractivity contribution in [2.45, 2.75) is 18.9 Å². The van der Waals surface area contributed by atoms with Crippen molar-refractivity contribution in [3.8, 4) is 0 Å². The van der Waals surface area contributed by atoms with Gasteiger partial charge in [-0.3, -0.25) is 9.59 Å². The molecule has 2 heterocycles. The smallest absolute Gasteiger partial charge is 0.328 e. The monoisotopic (exact) mass is 250 g/mol. The van der Waals surface area contributed by atoms with E-state index in [2.05, 4.69) is 9.72 Å². The van der Waals surface area contributed by atoms with E-state index in [1.165, 1.54) is 30.3 Å². The Kier molecular flexibility index (Phi) is 3.45. The third kappa shape index (κ3) is 2.27. The Morgan fingerprint density at radius 2 is 2.22 bits per heavy atom. The molecule has 96 valence electrons. The Balaban J connectivity index is 2.20. The molecular weight excluding hydrogens is 236 g/mol. The summed E-state index contributed by atoms with van der Waals surface area (Å²) in [6.07, 6.45) is 2.74. The van der Waals surface area contributed by atoms with Gasteiger partial charge in [-0.25, -0.2) is 4.79 Å². The first-order valence-corrected chi connectivity index (χ1v) is 5.71. The highest BCUT2D eigenvalue weighted by Gasteiger charge is 2.35. The van der Waals surface area contributed by atoms with Crippen molar-refractivity contribution in [1.29, 1.82) is 0 Å². The van der Waals surface area contributed by atoms with Crippen LogP contribution in [0.4, 0.5) is 0 Å². The van der Waals surface area contributed by atoms with E-state index in [1.807, 2.05) is 0 Å². The van der Waals surface area contributed by atoms with Gasteiger partial charge in [0.25, 0.3) is 5.91 Å². The van der Waals surface area contributed by atoms with Crippen LogP contribution in [0.2, 0.25) is 0 Å². The molecule has 2 rings (SSSR count). The summed E-state index contributed by atoms with van der Waals surface area (Å²) in [7, 11) is 1.31. The molecule has 1 aliphatic rings. The number of amides is 1. The zero-order valence-corrected chi connectivity index (χ0v) is 10.0. The summed E-state index contributed by atoms with van der Waals surface area (Å²) >= 11 is 0. The summed E-state index contributed by atoms with van der Waals surface area (Å²) in [5.74, 6) is -0.663. The molecule has 1 amide bonds. The molecule has 0 bridgehead atoms. The highest BCUT2D eigenvalue weighted by molar-refractivity contribution is 5.96. The fourth-order valence-electron chi connectivity index (χ4n) is 2.10. The van der Waals surface area contributed by atoms with Gasteiger partial charge in [0, 0.05) is 18.8 Å². The summed E-state index contributed by atoms with van der Waals surface area (Å²) in [6.45, 7) is 0.526. The lowest BCUT2D eigenvalue weighted by molar-refractivity contribution is -0.145. The number of likely N-dealkylation sites (tertiary alicyclic amines) is 1. The highest BCUT2D eigenvalue weighted by Crippen LogP contribution is 2.20. The molecule has 1 saturated heterocycles. The molecule has 6 nitrogen and oxygen atoms in total. The molecular formula is C12H14N2O4. The summed E-state index contributed by atoms with van der Waals surface area (Å²) in [4.78, 5) is 38.6. The number of aromatic nitrogens is 1. The van der Waals surface area contributed by atoms with Gasteiger partial charge in [-0.15, -0.1) is 0 Å². The third-order valence-electron chi connectivity index (χ3n) is 3.02. The van der Waals surface area contributed by atoms with Crippen molar-refractivity contribution in [3.05, 3.63) is 34.2 Å². The molecule has 1 fully saturated rings. The van der Waals surface area contributed by atoms with E-state index in [0.29, 0.717) is 18.5 Å². The van der Waals surface area contributed by atoms with E-state index in [0.717, 1.165) is 6.42 Å². The summed E-state index contributed by atoms with van der Waals surface area (Å²) in [5.41, 5.74) is 0.0999. The van der Waals surface area contributed by atoms with E-state index in [4.69, 9.17) is 0 Å². The molecule has 1 N–H and O–H groups in total. The lowest BCUT2D eigenvalue weighted by Crippen LogP contribution is -2.41. The zero-order chi connectivity index (χ0) is 13.1. The second-order valence-corrected chi connectivity index (χ2v) is 4.12. The SMILES string of the molecule is COC(=O)C1CCCN1C(=O)c1ccc(=O)[nH]c1. The van der Waals surface area contributed by atoms with E-state index in [9.17, 15) is 14.4 Å². The lowest BCUT2D eigenvalue weighted by Gasteiger charge is -2.22. The minimum Gasteiger partial charge on any atom is -0.467 e. The van der Waals surface area contributed by atoms with Crippen molar-refractivity contribution in [2.24, 2.45) is 0 Å². The Bertz CT molecular complexity index is 503. The van der Waals surface area contributed by atoms with E-state index in [-0.39, 0.29) is 11.5 Å². The minimum absolute atomic E-state index is 0.265. The van der Waals surface area contributed by atoms with Crippen LogP contribution in [0.3, 0.4) is 0 Å². The molecule has 1 atom stereocenters. The molecule has 18 heavy (non-hydrogen) atoms. The number of methoxy groups -OCH3 is 1. The molecule has 6 heteroatoms. The molecule has 1 aromatic rings. The van der Waals surface area contributed by atoms with Crippen LogP contribution < -0.4 is 5.56 Å². The quantitative estimate of drug-likeness (QED) is 0.758. The largest absolute Gasteiger partial charge is 0.467 e. The van der Waals surface area contributed by atoms with Crippen LogP contribution in [0.15, 0.2) is 23.1 Å². The predicted octanol–water partition coefficient (Wildman–Crippen LogP) is 0.152. The fourth-order valence-corrected chi connectivity index (χ4v) is 2.10. The van der Waals surface area contributed by atoms with Gasteiger partial charge in [0.05, 0.1) is 12.7 Å². The van der Waals surface area contributed by atoms with Crippen LogP contribution in [0.1, 0.15) is 23.2 Å². The molecule has 0 aromatic carbocycles. The Labute approximate surface area is 104 Å². The van der Waals surface area contributed by atoms with Crippen LogP contribution in [-0.2, 0) is 9.53 Å². The number of hydrogen-bond acceptors (Lipinski definition) is 4. The number of nitrogens with zero attached hydrogens (tertiary/aromatic N) is 1. The molecule has 1 aliphatic heterocycles. The van der Waals surface area contributed by atoms with E-state index in [1.54, 1.807) is 0 Å². The van der Waals surface area contributed by atoms with Crippen molar-refractivity contribution in [1.82, 2.24) is 9.88 Å². The van der Waals surface area contributed by atoms with Crippen LogP contribution >= 0.6 is 0 Å². The fraction of sp³-hybridized carbons (Fsp3) is 0.417.